The fourth-order valence-corrected chi connectivity index (χ4v) is 4.94. The highest BCUT2D eigenvalue weighted by Crippen LogP contribution is 2.36. The number of thiophene rings is 1. The second-order valence-corrected chi connectivity index (χ2v) is 8.52. The Morgan fingerprint density at radius 3 is 2.89 bits per heavy atom. The maximum Gasteiger partial charge on any atom is 0.268 e. The molecule has 0 saturated heterocycles. The molecule has 0 amide bonds. The van der Waals surface area contributed by atoms with E-state index in [1.807, 2.05) is 12.1 Å². The summed E-state index contributed by atoms with van der Waals surface area (Å²) in [7, 11) is 1.65. The van der Waals surface area contributed by atoms with Gasteiger partial charge in [-0.2, -0.15) is 0 Å². The molecule has 2 aromatic heterocycles. The Bertz CT molecular complexity index is 1030. The van der Waals surface area contributed by atoms with E-state index < -0.39 is 0 Å². The summed E-state index contributed by atoms with van der Waals surface area (Å²) in [6, 6.07) is 7.27. The number of nitrogens with one attached hydrogen (secondary N) is 1. The van der Waals surface area contributed by atoms with E-state index in [9.17, 15) is 4.79 Å². The zero-order chi connectivity index (χ0) is 19.0. The minimum atomic E-state index is -0.0196. The van der Waals surface area contributed by atoms with Crippen LogP contribution in [-0.4, -0.2) is 29.8 Å². The smallest absolute Gasteiger partial charge is 0.268 e. The number of nitrogens with zero attached hydrogens (tertiary/aromatic N) is 2. The van der Waals surface area contributed by atoms with E-state index in [2.05, 4.69) is 12.2 Å². The molecule has 0 spiro atoms. The summed E-state index contributed by atoms with van der Waals surface area (Å²) < 4.78 is 6.78. The highest BCUT2D eigenvalue weighted by atomic mass is 35.5. The number of anilines is 1. The molecule has 0 radical (unpaired) electrons. The molecular formula is C20H22ClN3O2S. The second-order valence-electron chi connectivity index (χ2n) is 7.00. The summed E-state index contributed by atoms with van der Waals surface area (Å²) in [4.78, 5) is 20.5. The predicted octanol–water partition coefficient (Wildman–Crippen LogP) is 4.28. The van der Waals surface area contributed by atoms with E-state index in [0.29, 0.717) is 30.0 Å². The number of aromatic nitrogens is 2. The van der Waals surface area contributed by atoms with Gasteiger partial charge in [0.15, 0.2) is 0 Å². The third kappa shape index (κ3) is 3.49. The van der Waals surface area contributed by atoms with Gasteiger partial charge >= 0.3 is 0 Å². The highest BCUT2D eigenvalue weighted by Gasteiger charge is 2.25. The molecule has 2 heterocycles. The van der Waals surface area contributed by atoms with Gasteiger partial charge in [-0.25, -0.2) is 9.55 Å². The number of halogens is 1. The van der Waals surface area contributed by atoms with Gasteiger partial charge in [0.2, 0.25) is 5.95 Å². The van der Waals surface area contributed by atoms with E-state index >= 15 is 0 Å². The maximum absolute atomic E-state index is 13.5. The fourth-order valence-electron chi connectivity index (χ4n) is 3.61. The molecule has 3 aromatic rings. The first kappa shape index (κ1) is 18.5. The summed E-state index contributed by atoms with van der Waals surface area (Å²) >= 11 is 7.69. The topological polar surface area (TPSA) is 56.1 Å². The van der Waals surface area contributed by atoms with E-state index in [1.165, 1.54) is 16.9 Å². The van der Waals surface area contributed by atoms with Gasteiger partial charge in [-0.1, -0.05) is 18.5 Å². The zero-order valence-electron chi connectivity index (χ0n) is 15.4. The zero-order valence-corrected chi connectivity index (χ0v) is 17.0. The summed E-state index contributed by atoms with van der Waals surface area (Å²) in [6.45, 7) is 3.36. The molecule has 0 bridgehead atoms. The lowest BCUT2D eigenvalue weighted by atomic mass is 9.89. The summed E-state index contributed by atoms with van der Waals surface area (Å²) in [5, 5.41) is 4.66. The van der Waals surface area contributed by atoms with Crippen LogP contribution in [0, 0.1) is 5.92 Å². The van der Waals surface area contributed by atoms with E-state index in [0.717, 1.165) is 28.7 Å². The molecule has 0 fully saturated rings. The SMILES string of the molecule is COCCNc1nc2sc3c(c2c(=O)n1-c1ccc(Cl)cc1)C[C@@H](C)CC3. The average molecular weight is 404 g/mol. The molecule has 1 N–H and O–H groups in total. The van der Waals surface area contributed by atoms with Gasteiger partial charge in [-0.15, -0.1) is 11.3 Å². The van der Waals surface area contributed by atoms with Crippen LogP contribution in [0.5, 0.6) is 0 Å². The van der Waals surface area contributed by atoms with Crippen molar-refractivity contribution in [3.05, 3.63) is 50.1 Å². The van der Waals surface area contributed by atoms with Gasteiger partial charge in [-0.3, -0.25) is 4.79 Å². The Morgan fingerprint density at radius 1 is 1.37 bits per heavy atom. The third-order valence-corrected chi connectivity index (χ3v) is 6.44. The molecule has 1 aromatic carbocycles. The Kier molecular flexibility index (Phi) is 5.21. The van der Waals surface area contributed by atoms with Crippen molar-refractivity contribution in [3.63, 3.8) is 0 Å². The van der Waals surface area contributed by atoms with Gasteiger partial charge in [0.25, 0.3) is 5.56 Å². The van der Waals surface area contributed by atoms with Gasteiger partial charge in [0.05, 0.1) is 17.7 Å². The lowest BCUT2D eigenvalue weighted by molar-refractivity contribution is 0.210. The van der Waals surface area contributed by atoms with E-state index in [-0.39, 0.29) is 5.56 Å². The van der Waals surface area contributed by atoms with Crippen LogP contribution in [0.3, 0.4) is 0 Å². The lowest BCUT2D eigenvalue weighted by Crippen LogP contribution is -2.25. The van der Waals surface area contributed by atoms with Gasteiger partial charge < -0.3 is 10.1 Å². The van der Waals surface area contributed by atoms with Crippen molar-refractivity contribution in [2.24, 2.45) is 5.92 Å². The van der Waals surface area contributed by atoms with Crippen LogP contribution >= 0.6 is 22.9 Å². The van der Waals surface area contributed by atoms with Gasteiger partial charge in [0, 0.05) is 23.6 Å². The van der Waals surface area contributed by atoms with Crippen LogP contribution in [0.25, 0.3) is 15.9 Å². The molecule has 0 aliphatic heterocycles. The van der Waals surface area contributed by atoms with E-state index in [4.69, 9.17) is 21.3 Å². The molecular weight excluding hydrogens is 382 g/mol. The number of hydrogen-bond donors (Lipinski definition) is 1. The molecule has 142 valence electrons. The van der Waals surface area contributed by atoms with E-state index in [1.54, 1.807) is 35.1 Å². The first-order valence-electron chi connectivity index (χ1n) is 9.14. The van der Waals surface area contributed by atoms with Crippen LogP contribution in [0.15, 0.2) is 29.1 Å². The third-order valence-electron chi connectivity index (χ3n) is 5.00. The Labute approximate surface area is 167 Å². The lowest BCUT2D eigenvalue weighted by Gasteiger charge is -2.18. The first-order valence-corrected chi connectivity index (χ1v) is 10.3. The van der Waals surface area contributed by atoms with Crippen molar-refractivity contribution in [1.82, 2.24) is 9.55 Å². The van der Waals surface area contributed by atoms with Crippen molar-refractivity contribution < 1.29 is 4.74 Å². The van der Waals surface area contributed by atoms with Crippen molar-refractivity contribution in [3.8, 4) is 5.69 Å². The monoisotopic (exact) mass is 403 g/mol. The number of aryl methyl sites for hydroxylation is 1. The number of hydrogen-bond acceptors (Lipinski definition) is 5. The molecule has 4 rings (SSSR count). The summed E-state index contributed by atoms with van der Waals surface area (Å²) in [6.07, 6.45) is 3.15. The predicted molar refractivity (Wildman–Crippen MR) is 112 cm³/mol. The normalized spacial score (nSPS) is 16.5. The Balaban J connectivity index is 1.92. The maximum atomic E-state index is 13.5. The average Bonchev–Trinajstić information content (AvgIpc) is 3.01. The quantitative estimate of drug-likeness (QED) is 0.646. The molecule has 0 unspecified atom stereocenters. The van der Waals surface area contributed by atoms with Gasteiger partial charge in [-0.05, 0) is 55.0 Å². The summed E-state index contributed by atoms with van der Waals surface area (Å²) in [5.74, 6) is 1.14. The number of rotatable bonds is 5. The van der Waals surface area contributed by atoms with Crippen molar-refractivity contribution in [2.45, 2.75) is 26.2 Å². The van der Waals surface area contributed by atoms with Crippen LogP contribution in [0.2, 0.25) is 5.02 Å². The number of ether oxygens (including phenoxy) is 1. The minimum Gasteiger partial charge on any atom is -0.383 e. The number of benzene rings is 1. The number of fused-ring (bicyclic) bond motifs is 3. The molecule has 5 nitrogen and oxygen atoms in total. The minimum absolute atomic E-state index is 0.0196. The van der Waals surface area contributed by atoms with Crippen LogP contribution in [0.4, 0.5) is 5.95 Å². The molecule has 0 saturated carbocycles. The first-order chi connectivity index (χ1) is 13.1. The molecule has 27 heavy (non-hydrogen) atoms. The van der Waals surface area contributed by atoms with Crippen molar-refractivity contribution in [2.75, 3.05) is 25.6 Å². The van der Waals surface area contributed by atoms with Crippen LogP contribution in [0.1, 0.15) is 23.8 Å². The van der Waals surface area contributed by atoms with Crippen LogP contribution in [-0.2, 0) is 17.6 Å². The highest BCUT2D eigenvalue weighted by molar-refractivity contribution is 7.18. The molecule has 1 aliphatic carbocycles. The second kappa shape index (κ2) is 7.62. The standard InChI is InChI=1S/C20H22ClN3O2S/c1-12-3-8-16-15(11-12)17-18(27-16)23-20(22-9-10-26-2)24(19(17)25)14-6-4-13(21)5-7-14/h4-7,12H,3,8-11H2,1-2H3,(H,22,23)/t12-/m0/s1. The van der Waals surface area contributed by atoms with Crippen molar-refractivity contribution in [1.29, 1.82) is 0 Å². The fraction of sp³-hybridized carbons (Fsp3) is 0.400. The van der Waals surface area contributed by atoms with Crippen molar-refractivity contribution >= 4 is 39.1 Å². The Morgan fingerprint density at radius 2 is 2.15 bits per heavy atom. The van der Waals surface area contributed by atoms with Gasteiger partial charge in [0.1, 0.15) is 4.83 Å². The largest absolute Gasteiger partial charge is 0.383 e. The number of methoxy groups -OCH3 is 1. The summed E-state index contributed by atoms with van der Waals surface area (Å²) in [5.41, 5.74) is 1.92. The molecule has 7 heteroatoms. The molecule has 1 atom stereocenters. The van der Waals surface area contributed by atoms with Crippen LogP contribution < -0.4 is 10.9 Å². The molecule has 1 aliphatic rings. The Hall–Kier alpha value is -1.89.